The van der Waals surface area contributed by atoms with E-state index in [0.717, 1.165) is 12.1 Å². The highest BCUT2D eigenvalue weighted by Crippen LogP contribution is 2.36. The number of rotatable bonds is 3. The van der Waals surface area contributed by atoms with Gasteiger partial charge in [0, 0.05) is 11.6 Å². The molecule has 0 aromatic heterocycles. The van der Waals surface area contributed by atoms with E-state index in [0.29, 0.717) is 31.2 Å². The van der Waals surface area contributed by atoms with Crippen LogP contribution in [0.15, 0.2) is 18.2 Å². The summed E-state index contributed by atoms with van der Waals surface area (Å²) in [6, 6.07) is 3.80. The molecule has 0 amide bonds. The van der Waals surface area contributed by atoms with Gasteiger partial charge >= 0.3 is 5.57 Å². The van der Waals surface area contributed by atoms with Crippen LogP contribution in [0.3, 0.4) is 0 Å². The molecule has 1 fully saturated rings. The minimum atomic E-state index is -3.94. The largest absolute Gasteiger partial charge is 0.487 e. The van der Waals surface area contributed by atoms with Gasteiger partial charge in [0.25, 0.3) is 0 Å². The number of ether oxygens (including phenoxy) is 1. The molecule has 0 radical (unpaired) electrons. The Bertz CT molecular complexity index is 439. The van der Waals surface area contributed by atoms with Gasteiger partial charge in [0.15, 0.2) is 11.6 Å². The van der Waals surface area contributed by atoms with Crippen molar-refractivity contribution in [3.8, 4) is 5.75 Å². The fraction of sp³-hybridized carbons (Fsp3) is 0.538. The van der Waals surface area contributed by atoms with Crippen molar-refractivity contribution in [2.75, 3.05) is 0 Å². The lowest BCUT2D eigenvalue weighted by molar-refractivity contribution is -0.0984. The fourth-order valence-electron chi connectivity index (χ4n) is 2.36. The first-order valence-electron chi connectivity index (χ1n) is 6.04. The van der Waals surface area contributed by atoms with Crippen LogP contribution in [0.5, 0.6) is 5.75 Å². The Kier molecular flexibility index (Phi) is 4.23. The van der Waals surface area contributed by atoms with Crippen LogP contribution >= 0.6 is 11.6 Å². The zero-order valence-corrected chi connectivity index (χ0v) is 10.8. The Morgan fingerprint density at radius 2 is 1.79 bits per heavy atom. The molecule has 2 rings (SSSR count). The standard InChI is InChI=1S/C13H13ClF4O/c14-13(17,18)19-12-6-3-9(7-11(12)16)8-1-4-10(15)5-2-8/h3,6-8,10H,1-2,4-5H2. The first-order chi connectivity index (χ1) is 8.85. The van der Waals surface area contributed by atoms with Gasteiger partial charge < -0.3 is 4.74 Å². The summed E-state index contributed by atoms with van der Waals surface area (Å²) in [4.78, 5) is 0. The molecule has 0 spiro atoms. The molecule has 0 heterocycles. The number of benzene rings is 1. The highest BCUT2D eigenvalue weighted by Gasteiger charge is 2.29. The maximum absolute atomic E-state index is 13.6. The Labute approximate surface area is 113 Å². The van der Waals surface area contributed by atoms with Crippen LogP contribution in [0.25, 0.3) is 0 Å². The zero-order valence-electron chi connectivity index (χ0n) is 10.0. The topological polar surface area (TPSA) is 9.23 Å². The Morgan fingerprint density at radius 1 is 1.16 bits per heavy atom. The van der Waals surface area contributed by atoms with Crippen molar-refractivity contribution in [2.24, 2.45) is 0 Å². The second kappa shape index (κ2) is 5.57. The van der Waals surface area contributed by atoms with Crippen LogP contribution in [0, 0.1) is 5.82 Å². The molecule has 1 aliphatic rings. The smallest absolute Gasteiger partial charge is 0.417 e. The average molecular weight is 297 g/mol. The van der Waals surface area contributed by atoms with Crippen LogP contribution in [0.2, 0.25) is 0 Å². The lowest BCUT2D eigenvalue weighted by atomic mass is 9.83. The predicted octanol–water partition coefficient (Wildman–Crippen LogP) is 4.99. The summed E-state index contributed by atoms with van der Waals surface area (Å²) in [6.07, 6.45) is 1.37. The van der Waals surface area contributed by atoms with E-state index in [-0.39, 0.29) is 5.92 Å². The second-order valence-corrected chi connectivity index (χ2v) is 5.13. The molecule has 1 aromatic rings. The van der Waals surface area contributed by atoms with Gasteiger partial charge in [-0.3, -0.25) is 0 Å². The number of hydrogen-bond donors (Lipinski definition) is 0. The molecule has 6 heteroatoms. The molecule has 1 saturated carbocycles. The quantitative estimate of drug-likeness (QED) is 0.564. The summed E-state index contributed by atoms with van der Waals surface area (Å²) in [5, 5.41) is 0. The van der Waals surface area contributed by atoms with E-state index in [1.807, 2.05) is 0 Å². The number of halogens is 5. The van der Waals surface area contributed by atoms with E-state index < -0.39 is 23.3 Å². The van der Waals surface area contributed by atoms with E-state index in [2.05, 4.69) is 16.3 Å². The van der Waals surface area contributed by atoms with Crippen LogP contribution in [0.4, 0.5) is 17.6 Å². The van der Waals surface area contributed by atoms with E-state index in [1.165, 1.54) is 6.07 Å². The number of hydrogen-bond acceptors (Lipinski definition) is 1. The molecule has 106 valence electrons. The third-order valence-electron chi connectivity index (χ3n) is 3.31. The predicted molar refractivity (Wildman–Crippen MR) is 63.9 cm³/mol. The van der Waals surface area contributed by atoms with Gasteiger partial charge in [-0.05, 0) is 49.3 Å². The molecule has 0 atom stereocenters. The number of alkyl halides is 4. The van der Waals surface area contributed by atoms with E-state index in [4.69, 9.17) is 0 Å². The van der Waals surface area contributed by atoms with Crippen LogP contribution in [-0.4, -0.2) is 11.7 Å². The summed E-state index contributed by atoms with van der Waals surface area (Å²) < 4.78 is 55.5. The summed E-state index contributed by atoms with van der Waals surface area (Å²) in [7, 11) is 0. The Balaban J connectivity index is 2.10. The highest BCUT2D eigenvalue weighted by atomic mass is 35.5. The maximum atomic E-state index is 13.6. The first kappa shape index (κ1) is 14.4. The van der Waals surface area contributed by atoms with Crippen molar-refractivity contribution in [3.05, 3.63) is 29.6 Å². The monoisotopic (exact) mass is 296 g/mol. The first-order valence-corrected chi connectivity index (χ1v) is 6.42. The lowest BCUT2D eigenvalue weighted by Gasteiger charge is -2.24. The summed E-state index contributed by atoms with van der Waals surface area (Å²) >= 11 is 4.58. The average Bonchev–Trinajstić information content (AvgIpc) is 2.31. The third kappa shape index (κ3) is 4.00. The minimum absolute atomic E-state index is 0.0621. The lowest BCUT2D eigenvalue weighted by Crippen LogP contribution is -2.17. The normalized spacial score (nSPS) is 24.3. The second-order valence-electron chi connectivity index (χ2n) is 4.69. The molecule has 1 nitrogen and oxygen atoms in total. The third-order valence-corrected chi connectivity index (χ3v) is 3.39. The molecule has 0 saturated heterocycles. The summed E-state index contributed by atoms with van der Waals surface area (Å²) in [6.45, 7) is 0. The van der Waals surface area contributed by atoms with Gasteiger partial charge in [0.1, 0.15) is 6.17 Å². The van der Waals surface area contributed by atoms with Crippen LogP contribution < -0.4 is 4.74 Å². The Hall–Kier alpha value is -0.970. The molecule has 1 aliphatic carbocycles. The van der Waals surface area contributed by atoms with Gasteiger partial charge in [-0.25, -0.2) is 8.78 Å². The van der Waals surface area contributed by atoms with Crippen molar-refractivity contribution in [1.29, 1.82) is 0 Å². The molecule has 0 bridgehead atoms. The Morgan fingerprint density at radius 3 is 2.32 bits per heavy atom. The molecule has 0 aliphatic heterocycles. The maximum Gasteiger partial charge on any atom is 0.487 e. The van der Waals surface area contributed by atoms with Gasteiger partial charge in [0.2, 0.25) is 0 Å². The fourth-order valence-corrected chi connectivity index (χ4v) is 2.45. The van der Waals surface area contributed by atoms with Crippen LogP contribution in [-0.2, 0) is 0 Å². The molecular formula is C13H13ClF4O. The molecular weight excluding hydrogens is 284 g/mol. The van der Waals surface area contributed by atoms with Crippen LogP contribution in [0.1, 0.15) is 37.2 Å². The summed E-state index contributed by atoms with van der Waals surface area (Å²) in [5.41, 5.74) is -3.26. The van der Waals surface area contributed by atoms with Gasteiger partial charge in [-0.1, -0.05) is 6.07 Å². The SMILES string of the molecule is Fc1cc(C2CCC(F)CC2)ccc1OC(F)(F)Cl. The molecule has 0 N–H and O–H groups in total. The van der Waals surface area contributed by atoms with Crippen molar-refractivity contribution in [2.45, 2.75) is 43.3 Å². The molecule has 19 heavy (non-hydrogen) atoms. The van der Waals surface area contributed by atoms with E-state index >= 15 is 0 Å². The van der Waals surface area contributed by atoms with Gasteiger partial charge in [-0.2, -0.15) is 0 Å². The minimum Gasteiger partial charge on any atom is -0.417 e. The van der Waals surface area contributed by atoms with Crippen molar-refractivity contribution < 1.29 is 22.3 Å². The summed E-state index contributed by atoms with van der Waals surface area (Å²) in [5.74, 6) is -1.42. The van der Waals surface area contributed by atoms with Crippen molar-refractivity contribution in [1.82, 2.24) is 0 Å². The van der Waals surface area contributed by atoms with Crippen molar-refractivity contribution >= 4 is 11.6 Å². The van der Waals surface area contributed by atoms with Gasteiger partial charge in [-0.15, -0.1) is 8.78 Å². The van der Waals surface area contributed by atoms with E-state index in [1.54, 1.807) is 0 Å². The zero-order chi connectivity index (χ0) is 14.0. The molecule has 0 unspecified atom stereocenters. The van der Waals surface area contributed by atoms with Gasteiger partial charge in [0.05, 0.1) is 0 Å². The van der Waals surface area contributed by atoms with Crippen molar-refractivity contribution in [3.63, 3.8) is 0 Å². The molecule has 1 aromatic carbocycles. The highest BCUT2D eigenvalue weighted by molar-refractivity contribution is 6.20. The van der Waals surface area contributed by atoms with E-state index in [9.17, 15) is 17.6 Å².